The standard InChI is InChI=1S/C14H14F2N2/c15-11-5-6-13(16)12(7-11)14(18)10-3-1-9(8-17)2-4-10/h1-7,14H,8,17-18H2. The van der Waals surface area contributed by atoms with Crippen molar-refractivity contribution >= 4 is 0 Å². The number of nitrogens with two attached hydrogens (primary N) is 2. The Morgan fingerprint density at radius 2 is 1.67 bits per heavy atom. The molecule has 1 atom stereocenters. The lowest BCUT2D eigenvalue weighted by atomic mass is 9.98. The van der Waals surface area contributed by atoms with Gasteiger partial charge in [-0.1, -0.05) is 24.3 Å². The highest BCUT2D eigenvalue weighted by Crippen LogP contribution is 2.23. The molecule has 4 N–H and O–H groups in total. The van der Waals surface area contributed by atoms with Gasteiger partial charge in [-0.05, 0) is 29.3 Å². The summed E-state index contributed by atoms with van der Waals surface area (Å²) in [6.07, 6.45) is 0. The third-order valence-corrected chi connectivity index (χ3v) is 2.87. The van der Waals surface area contributed by atoms with Gasteiger partial charge in [0.15, 0.2) is 0 Å². The quantitative estimate of drug-likeness (QED) is 0.876. The molecule has 18 heavy (non-hydrogen) atoms. The summed E-state index contributed by atoms with van der Waals surface area (Å²) < 4.78 is 26.7. The maximum absolute atomic E-state index is 13.6. The van der Waals surface area contributed by atoms with E-state index in [0.717, 1.165) is 29.3 Å². The van der Waals surface area contributed by atoms with Crippen molar-refractivity contribution in [3.8, 4) is 0 Å². The lowest BCUT2D eigenvalue weighted by Crippen LogP contribution is -2.14. The third-order valence-electron chi connectivity index (χ3n) is 2.87. The molecule has 0 amide bonds. The molecule has 0 aromatic heterocycles. The van der Waals surface area contributed by atoms with E-state index in [1.165, 1.54) is 0 Å². The summed E-state index contributed by atoms with van der Waals surface area (Å²) in [5.41, 5.74) is 13.3. The molecule has 0 saturated heterocycles. The molecule has 0 aliphatic carbocycles. The fourth-order valence-electron chi connectivity index (χ4n) is 1.79. The highest BCUT2D eigenvalue weighted by molar-refractivity contribution is 5.34. The smallest absolute Gasteiger partial charge is 0.128 e. The minimum Gasteiger partial charge on any atom is -0.326 e. The van der Waals surface area contributed by atoms with Gasteiger partial charge in [-0.2, -0.15) is 0 Å². The van der Waals surface area contributed by atoms with E-state index >= 15 is 0 Å². The average Bonchev–Trinajstić information content (AvgIpc) is 2.41. The van der Waals surface area contributed by atoms with E-state index in [0.29, 0.717) is 6.54 Å². The summed E-state index contributed by atoms with van der Waals surface area (Å²) >= 11 is 0. The third kappa shape index (κ3) is 2.55. The molecule has 94 valence electrons. The molecule has 0 saturated carbocycles. The van der Waals surface area contributed by atoms with Crippen LogP contribution in [-0.2, 0) is 6.54 Å². The number of hydrogen-bond donors (Lipinski definition) is 2. The Morgan fingerprint density at radius 1 is 1.00 bits per heavy atom. The molecule has 0 heterocycles. The van der Waals surface area contributed by atoms with Gasteiger partial charge >= 0.3 is 0 Å². The van der Waals surface area contributed by atoms with Crippen molar-refractivity contribution in [2.75, 3.05) is 0 Å². The number of halogens is 2. The fourth-order valence-corrected chi connectivity index (χ4v) is 1.79. The van der Waals surface area contributed by atoms with Crippen LogP contribution in [0.1, 0.15) is 22.7 Å². The van der Waals surface area contributed by atoms with Crippen LogP contribution in [0.15, 0.2) is 42.5 Å². The lowest BCUT2D eigenvalue weighted by Gasteiger charge is -2.14. The Balaban J connectivity index is 2.34. The minimum absolute atomic E-state index is 0.149. The summed E-state index contributed by atoms with van der Waals surface area (Å²) in [7, 11) is 0. The van der Waals surface area contributed by atoms with Crippen molar-refractivity contribution in [3.63, 3.8) is 0 Å². The van der Waals surface area contributed by atoms with Crippen molar-refractivity contribution in [2.45, 2.75) is 12.6 Å². The number of benzene rings is 2. The molecular weight excluding hydrogens is 234 g/mol. The number of rotatable bonds is 3. The first-order valence-corrected chi connectivity index (χ1v) is 5.61. The highest BCUT2D eigenvalue weighted by atomic mass is 19.1. The van der Waals surface area contributed by atoms with Crippen LogP contribution in [0.3, 0.4) is 0 Å². The van der Waals surface area contributed by atoms with Crippen LogP contribution < -0.4 is 11.5 Å². The molecule has 0 fully saturated rings. The normalized spacial score (nSPS) is 12.4. The second kappa shape index (κ2) is 5.25. The fraction of sp³-hybridized carbons (Fsp3) is 0.143. The molecule has 0 aliphatic rings. The topological polar surface area (TPSA) is 52.0 Å². The summed E-state index contributed by atoms with van der Waals surface area (Å²) in [4.78, 5) is 0. The molecule has 2 nitrogen and oxygen atoms in total. The molecule has 0 radical (unpaired) electrons. The van der Waals surface area contributed by atoms with Gasteiger partial charge in [0.05, 0.1) is 6.04 Å². The Kier molecular flexibility index (Phi) is 3.69. The van der Waals surface area contributed by atoms with E-state index in [1.807, 2.05) is 12.1 Å². The Morgan fingerprint density at radius 3 is 2.28 bits per heavy atom. The first-order chi connectivity index (χ1) is 8.61. The molecule has 4 heteroatoms. The molecule has 2 rings (SSSR count). The molecule has 0 aliphatic heterocycles. The monoisotopic (exact) mass is 248 g/mol. The SMILES string of the molecule is NCc1ccc(C(N)c2cc(F)ccc2F)cc1. The van der Waals surface area contributed by atoms with Crippen LogP contribution in [0.4, 0.5) is 8.78 Å². The second-order valence-electron chi connectivity index (χ2n) is 4.09. The molecule has 1 unspecified atom stereocenters. The first-order valence-electron chi connectivity index (χ1n) is 5.61. The van der Waals surface area contributed by atoms with Gasteiger partial charge in [0.25, 0.3) is 0 Å². The molecule has 2 aromatic carbocycles. The Hall–Kier alpha value is -1.78. The summed E-state index contributed by atoms with van der Waals surface area (Å²) in [6.45, 7) is 0.434. The van der Waals surface area contributed by atoms with Gasteiger partial charge < -0.3 is 11.5 Å². The van der Waals surface area contributed by atoms with Crippen molar-refractivity contribution in [1.29, 1.82) is 0 Å². The van der Waals surface area contributed by atoms with Crippen molar-refractivity contribution in [1.82, 2.24) is 0 Å². The van der Waals surface area contributed by atoms with E-state index in [1.54, 1.807) is 12.1 Å². The van der Waals surface area contributed by atoms with E-state index < -0.39 is 17.7 Å². The van der Waals surface area contributed by atoms with Crippen molar-refractivity contribution in [2.24, 2.45) is 11.5 Å². The predicted molar refractivity (Wildman–Crippen MR) is 66.7 cm³/mol. The zero-order valence-corrected chi connectivity index (χ0v) is 9.74. The van der Waals surface area contributed by atoms with Gasteiger partial charge in [-0.15, -0.1) is 0 Å². The van der Waals surface area contributed by atoms with Crippen LogP contribution >= 0.6 is 0 Å². The first kappa shape index (κ1) is 12.7. The van der Waals surface area contributed by atoms with Crippen LogP contribution in [-0.4, -0.2) is 0 Å². The highest BCUT2D eigenvalue weighted by Gasteiger charge is 2.14. The van der Waals surface area contributed by atoms with E-state index in [9.17, 15) is 8.78 Å². The Labute approximate surface area is 104 Å². The number of hydrogen-bond acceptors (Lipinski definition) is 2. The van der Waals surface area contributed by atoms with Gasteiger partial charge in [0.2, 0.25) is 0 Å². The van der Waals surface area contributed by atoms with E-state index in [2.05, 4.69) is 0 Å². The van der Waals surface area contributed by atoms with Crippen molar-refractivity contribution < 1.29 is 8.78 Å². The summed E-state index contributed by atoms with van der Waals surface area (Å²) in [5, 5.41) is 0. The second-order valence-corrected chi connectivity index (χ2v) is 4.09. The van der Waals surface area contributed by atoms with Crippen LogP contribution in [0, 0.1) is 11.6 Å². The van der Waals surface area contributed by atoms with E-state index in [4.69, 9.17) is 11.5 Å². The van der Waals surface area contributed by atoms with Crippen LogP contribution in [0.5, 0.6) is 0 Å². The van der Waals surface area contributed by atoms with Crippen LogP contribution in [0.25, 0.3) is 0 Å². The van der Waals surface area contributed by atoms with Gasteiger partial charge in [-0.3, -0.25) is 0 Å². The summed E-state index contributed by atoms with van der Waals surface area (Å²) in [6, 6.07) is 9.79. The largest absolute Gasteiger partial charge is 0.326 e. The maximum atomic E-state index is 13.6. The zero-order valence-electron chi connectivity index (χ0n) is 9.74. The predicted octanol–water partition coefficient (Wildman–Crippen LogP) is 2.47. The Bertz CT molecular complexity index is 538. The molecule has 0 bridgehead atoms. The minimum atomic E-state index is -0.687. The lowest BCUT2D eigenvalue weighted by molar-refractivity contribution is 0.576. The maximum Gasteiger partial charge on any atom is 0.128 e. The van der Waals surface area contributed by atoms with Gasteiger partial charge in [-0.25, -0.2) is 8.78 Å². The van der Waals surface area contributed by atoms with Gasteiger partial charge in [0.1, 0.15) is 11.6 Å². The molecule has 2 aromatic rings. The van der Waals surface area contributed by atoms with Crippen LogP contribution in [0.2, 0.25) is 0 Å². The summed E-state index contributed by atoms with van der Waals surface area (Å²) in [5.74, 6) is -1.01. The van der Waals surface area contributed by atoms with Gasteiger partial charge in [0, 0.05) is 12.1 Å². The molecular formula is C14H14F2N2. The molecule has 0 spiro atoms. The average molecular weight is 248 g/mol. The van der Waals surface area contributed by atoms with E-state index in [-0.39, 0.29) is 5.56 Å². The zero-order chi connectivity index (χ0) is 13.1. The van der Waals surface area contributed by atoms with Crippen molar-refractivity contribution in [3.05, 3.63) is 70.8 Å².